The van der Waals surface area contributed by atoms with E-state index in [4.69, 9.17) is 14.6 Å². The van der Waals surface area contributed by atoms with Crippen LogP contribution < -0.4 is 9.47 Å². The van der Waals surface area contributed by atoms with Gasteiger partial charge in [-0.1, -0.05) is 49.6 Å². The van der Waals surface area contributed by atoms with E-state index in [-0.39, 0.29) is 0 Å². The van der Waals surface area contributed by atoms with Gasteiger partial charge in [-0.25, -0.2) is 14.8 Å². The van der Waals surface area contributed by atoms with E-state index in [1.165, 1.54) is 37.3 Å². The number of thioether (sulfide) groups is 1. The highest BCUT2D eigenvalue weighted by Gasteiger charge is 2.07. The molecule has 3 rings (SSSR count). The Morgan fingerprint density at radius 3 is 2.54 bits per heavy atom. The van der Waals surface area contributed by atoms with Crippen LogP contribution in [0.1, 0.15) is 54.8 Å². The molecule has 35 heavy (non-hydrogen) atoms. The number of aryl methyl sites for hydroxylation is 1. The van der Waals surface area contributed by atoms with E-state index in [1.54, 1.807) is 36.4 Å². The quantitative estimate of drug-likeness (QED) is 0.127. The second-order valence-corrected chi connectivity index (χ2v) is 9.96. The highest BCUT2D eigenvalue weighted by atomic mass is 32.2. The molecule has 0 bridgehead atoms. The Morgan fingerprint density at radius 1 is 1.06 bits per heavy atom. The number of thiazole rings is 1. The Morgan fingerprint density at radius 2 is 1.83 bits per heavy atom. The molecule has 0 aliphatic heterocycles. The lowest BCUT2D eigenvalue weighted by Gasteiger charge is -2.10. The van der Waals surface area contributed by atoms with Crippen molar-refractivity contribution >= 4 is 35.1 Å². The molecule has 0 aliphatic rings. The molecule has 0 saturated carbocycles. The third-order valence-corrected chi connectivity index (χ3v) is 7.25. The van der Waals surface area contributed by atoms with Gasteiger partial charge in [-0.3, -0.25) is 0 Å². The number of carbonyl (C=O) groups is 1. The minimum atomic E-state index is -1.01. The smallest absolute Gasteiger partial charge is 0.328 e. The molecular weight excluding hydrogens is 480 g/mol. The SMILES string of the molecule is COc1ccc(CCCCCCCCOc2ccc(SCc3nccs3)nc2C=CC(=O)O)cc1. The predicted molar refractivity (Wildman–Crippen MR) is 142 cm³/mol. The molecule has 1 N–H and O–H groups in total. The molecule has 186 valence electrons. The number of rotatable bonds is 16. The van der Waals surface area contributed by atoms with E-state index in [1.807, 2.05) is 29.6 Å². The van der Waals surface area contributed by atoms with Crippen molar-refractivity contribution in [2.24, 2.45) is 0 Å². The molecule has 3 aromatic rings. The van der Waals surface area contributed by atoms with Crippen LogP contribution in [0.25, 0.3) is 6.08 Å². The van der Waals surface area contributed by atoms with Gasteiger partial charge < -0.3 is 14.6 Å². The van der Waals surface area contributed by atoms with Crippen molar-refractivity contribution in [3.05, 3.63) is 70.3 Å². The summed E-state index contributed by atoms with van der Waals surface area (Å²) in [4.78, 5) is 19.9. The second-order valence-electron chi connectivity index (χ2n) is 7.99. The molecule has 0 spiro atoms. The fourth-order valence-corrected chi connectivity index (χ4v) is 5.01. The Kier molecular flexibility index (Phi) is 11.6. The Labute approximate surface area is 215 Å². The molecule has 8 heteroatoms. The average Bonchev–Trinajstić information content (AvgIpc) is 3.40. The Balaban J connectivity index is 1.35. The predicted octanol–water partition coefficient (Wildman–Crippen LogP) is 6.90. The number of hydrogen-bond donors (Lipinski definition) is 1. The first-order chi connectivity index (χ1) is 17.1. The van der Waals surface area contributed by atoms with Crippen LogP contribution >= 0.6 is 23.1 Å². The fraction of sp³-hybridized carbons (Fsp3) is 0.370. The molecule has 0 amide bonds. The van der Waals surface area contributed by atoms with Gasteiger partial charge in [0.1, 0.15) is 22.2 Å². The van der Waals surface area contributed by atoms with Gasteiger partial charge in [0.05, 0.1) is 24.5 Å². The van der Waals surface area contributed by atoms with Crippen molar-refractivity contribution in [1.29, 1.82) is 0 Å². The lowest BCUT2D eigenvalue weighted by atomic mass is 10.0. The molecule has 0 saturated heterocycles. The fourth-order valence-electron chi connectivity index (χ4n) is 3.49. The van der Waals surface area contributed by atoms with Crippen LogP contribution in [-0.4, -0.2) is 34.8 Å². The monoisotopic (exact) mass is 512 g/mol. The van der Waals surface area contributed by atoms with E-state index < -0.39 is 5.97 Å². The van der Waals surface area contributed by atoms with Gasteiger partial charge in [0.15, 0.2) is 0 Å². The summed E-state index contributed by atoms with van der Waals surface area (Å²) in [5, 5.41) is 12.8. The number of benzene rings is 1. The number of methoxy groups -OCH3 is 1. The number of aromatic nitrogens is 2. The summed E-state index contributed by atoms with van der Waals surface area (Å²) in [5.74, 6) is 1.23. The highest BCUT2D eigenvalue weighted by Crippen LogP contribution is 2.27. The summed E-state index contributed by atoms with van der Waals surface area (Å²) in [6, 6.07) is 12.1. The number of pyridine rings is 1. The molecule has 0 radical (unpaired) electrons. The first kappa shape index (κ1) is 26.8. The van der Waals surface area contributed by atoms with Crippen molar-refractivity contribution < 1.29 is 19.4 Å². The Hall–Kier alpha value is -2.84. The van der Waals surface area contributed by atoms with Crippen molar-refractivity contribution in [3.63, 3.8) is 0 Å². The van der Waals surface area contributed by atoms with E-state index in [0.717, 1.165) is 46.9 Å². The maximum Gasteiger partial charge on any atom is 0.328 e. The Bertz CT molecular complexity index is 1050. The first-order valence-electron chi connectivity index (χ1n) is 11.8. The zero-order valence-corrected chi connectivity index (χ0v) is 21.7. The topological polar surface area (TPSA) is 81.5 Å². The van der Waals surface area contributed by atoms with Gasteiger partial charge in [0.2, 0.25) is 0 Å². The maximum absolute atomic E-state index is 11.0. The van der Waals surface area contributed by atoms with Crippen LogP contribution in [0, 0.1) is 0 Å². The number of nitrogens with zero attached hydrogens (tertiary/aromatic N) is 2. The zero-order valence-electron chi connectivity index (χ0n) is 20.0. The molecule has 2 aromatic heterocycles. The van der Waals surface area contributed by atoms with Gasteiger partial charge in [0.25, 0.3) is 0 Å². The number of ether oxygens (including phenoxy) is 2. The molecule has 0 atom stereocenters. The summed E-state index contributed by atoms with van der Waals surface area (Å²) < 4.78 is 11.1. The number of unbranched alkanes of at least 4 members (excludes halogenated alkanes) is 5. The number of aliphatic carboxylic acids is 1. The first-order valence-corrected chi connectivity index (χ1v) is 13.7. The summed E-state index contributed by atoms with van der Waals surface area (Å²) in [6.45, 7) is 0.590. The third-order valence-electron chi connectivity index (χ3n) is 5.35. The van der Waals surface area contributed by atoms with E-state index in [9.17, 15) is 4.79 Å². The lowest BCUT2D eigenvalue weighted by Crippen LogP contribution is -2.01. The summed E-state index contributed by atoms with van der Waals surface area (Å²) in [5.41, 5.74) is 1.89. The summed E-state index contributed by atoms with van der Waals surface area (Å²) in [6.07, 6.45) is 12.4. The van der Waals surface area contributed by atoms with Crippen LogP contribution in [-0.2, 0) is 17.0 Å². The van der Waals surface area contributed by atoms with Crippen LogP contribution in [0.3, 0.4) is 0 Å². The van der Waals surface area contributed by atoms with Gasteiger partial charge in [0, 0.05) is 17.7 Å². The molecule has 0 unspecified atom stereocenters. The minimum Gasteiger partial charge on any atom is -0.497 e. The van der Waals surface area contributed by atoms with Crippen LogP contribution in [0.2, 0.25) is 0 Å². The van der Waals surface area contributed by atoms with Gasteiger partial charge in [-0.2, -0.15) is 0 Å². The second kappa shape index (κ2) is 15.2. The lowest BCUT2D eigenvalue weighted by molar-refractivity contribution is -0.131. The van der Waals surface area contributed by atoms with Crippen molar-refractivity contribution in [2.75, 3.05) is 13.7 Å². The zero-order chi connectivity index (χ0) is 24.7. The molecule has 6 nitrogen and oxygen atoms in total. The molecule has 0 fully saturated rings. The van der Waals surface area contributed by atoms with E-state index in [2.05, 4.69) is 22.1 Å². The molecule has 0 aliphatic carbocycles. The van der Waals surface area contributed by atoms with Crippen LogP contribution in [0.4, 0.5) is 0 Å². The van der Waals surface area contributed by atoms with Gasteiger partial charge in [-0.15, -0.1) is 11.3 Å². The summed E-state index contributed by atoms with van der Waals surface area (Å²) in [7, 11) is 1.69. The third kappa shape index (κ3) is 10.1. The maximum atomic E-state index is 11.0. The van der Waals surface area contributed by atoms with Crippen LogP contribution in [0.15, 0.2) is 59.1 Å². The average molecular weight is 513 g/mol. The largest absolute Gasteiger partial charge is 0.497 e. The number of hydrogen-bond acceptors (Lipinski definition) is 7. The van der Waals surface area contributed by atoms with E-state index in [0.29, 0.717) is 18.1 Å². The standard InChI is InChI=1S/C27H32N2O4S2/c1-32-22-11-9-21(10-12-22)8-6-4-2-3-5-7-18-33-24-14-15-25(29-23(24)13-16-27(30)31)35-20-26-28-17-19-34-26/h9-17,19H,2-8,18,20H2,1H3,(H,30,31). The van der Waals surface area contributed by atoms with Crippen molar-refractivity contribution in [2.45, 2.75) is 55.7 Å². The molecule has 1 aromatic carbocycles. The van der Waals surface area contributed by atoms with E-state index >= 15 is 0 Å². The molecule has 2 heterocycles. The van der Waals surface area contributed by atoms with Crippen molar-refractivity contribution in [1.82, 2.24) is 9.97 Å². The number of carboxylic acids is 1. The molecular formula is C27H32N2O4S2. The summed E-state index contributed by atoms with van der Waals surface area (Å²) >= 11 is 3.18. The van der Waals surface area contributed by atoms with Crippen LogP contribution in [0.5, 0.6) is 11.5 Å². The minimum absolute atomic E-state index is 0.537. The highest BCUT2D eigenvalue weighted by molar-refractivity contribution is 7.98. The van der Waals surface area contributed by atoms with Crippen molar-refractivity contribution in [3.8, 4) is 11.5 Å². The normalized spacial score (nSPS) is 11.1. The van der Waals surface area contributed by atoms with Gasteiger partial charge in [-0.05, 0) is 55.2 Å². The number of carboxylic acid groups (broad SMARTS) is 1. The van der Waals surface area contributed by atoms with Gasteiger partial charge >= 0.3 is 5.97 Å².